The van der Waals surface area contributed by atoms with Crippen LogP contribution in [0.1, 0.15) is 41.5 Å². The van der Waals surface area contributed by atoms with Gasteiger partial charge in [-0.15, -0.1) is 0 Å². The van der Waals surface area contributed by atoms with E-state index in [1.807, 2.05) is 41.5 Å². The van der Waals surface area contributed by atoms with Crippen LogP contribution in [-0.2, 0) is 0 Å². The Bertz CT molecular complexity index is 232. The van der Waals surface area contributed by atoms with Gasteiger partial charge in [0.15, 0.2) is 0 Å². The van der Waals surface area contributed by atoms with E-state index in [4.69, 9.17) is 6.57 Å². The summed E-state index contributed by atoms with van der Waals surface area (Å²) in [6, 6.07) is 0. The zero-order valence-electron chi connectivity index (χ0n) is 9.39. The summed E-state index contributed by atoms with van der Waals surface area (Å²) >= 11 is 0. The molecule has 74 valence electrons. The topological polar surface area (TPSA) is 28.8 Å². The highest BCUT2D eigenvalue weighted by Crippen LogP contribution is 2.16. The van der Waals surface area contributed by atoms with E-state index in [0.717, 1.165) is 0 Å². The molecule has 0 rings (SSSR count). The van der Waals surface area contributed by atoms with Crippen molar-refractivity contribution >= 4 is 5.84 Å². The fourth-order valence-electron chi connectivity index (χ4n) is 0.581. The van der Waals surface area contributed by atoms with E-state index in [1.165, 1.54) is 0 Å². The van der Waals surface area contributed by atoms with Gasteiger partial charge in [-0.2, -0.15) is 0 Å². The minimum absolute atomic E-state index is 0.0822. The maximum Gasteiger partial charge on any atom is 0.275 e. The molecule has 3 heteroatoms. The molecule has 0 aliphatic heterocycles. The predicted octanol–water partition coefficient (Wildman–Crippen LogP) is 2.65. The van der Waals surface area contributed by atoms with Gasteiger partial charge in [0.25, 0.3) is 5.84 Å². The highest BCUT2D eigenvalue weighted by molar-refractivity contribution is 5.95. The molecule has 3 nitrogen and oxygen atoms in total. The van der Waals surface area contributed by atoms with Crippen molar-refractivity contribution in [3.63, 3.8) is 0 Å². The fourth-order valence-corrected chi connectivity index (χ4v) is 0.581. The Hall–Kier alpha value is -1.04. The molecular weight excluding hydrogens is 162 g/mol. The van der Waals surface area contributed by atoms with E-state index in [9.17, 15) is 0 Å². The van der Waals surface area contributed by atoms with Gasteiger partial charge in [0.2, 0.25) is 0 Å². The number of hydrogen-bond donors (Lipinski definition) is 1. The van der Waals surface area contributed by atoms with Crippen LogP contribution in [0.5, 0.6) is 0 Å². The summed E-state index contributed by atoms with van der Waals surface area (Å²) in [4.78, 5) is 3.40. The lowest BCUT2D eigenvalue weighted by Gasteiger charge is -2.18. The van der Waals surface area contributed by atoms with Crippen LogP contribution >= 0.6 is 0 Å². The van der Waals surface area contributed by atoms with Gasteiger partial charge in [-0.1, -0.05) is 27.3 Å². The Morgan fingerprint density at radius 2 is 1.62 bits per heavy atom. The van der Waals surface area contributed by atoms with Crippen molar-refractivity contribution in [3.05, 3.63) is 11.4 Å². The van der Waals surface area contributed by atoms with Crippen LogP contribution in [-0.4, -0.2) is 11.4 Å². The summed E-state index contributed by atoms with van der Waals surface area (Å²) in [6.07, 6.45) is 0. The number of nitrogens with zero attached hydrogens (tertiary/aromatic N) is 2. The highest BCUT2D eigenvalue weighted by atomic mass is 15.3. The smallest absolute Gasteiger partial charge is 0.275 e. The minimum Gasteiger partial charge on any atom is -0.362 e. The van der Waals surface area contributed by atoms with E-state index >= 15 is 0 Å². The van der Waals surface area contributed by atoms with Crippen molar-refractivity contribution in [3.8, 4) is 0 Å². The SMILES string of the molecule is [C-]#[N+]/C(=N/NC(C)(C)C)C(C)(C)C. The summed E-state index contributed by atoms with van der Waals surface area (Å²) in [7, 11) is 0. The van der Waals surface area contributed by atoms with Crippen molar-refractivity contribution in [1.29, 1.82) is 0 Å². The van der Waals surface area contributed by atoms with E-state index in [2.05, 4.69) is 15.4 Å². The summed E-state index contributed by atoms with van der Waals surface area (Å²) in [5.74, 6) is 0.516. The molecule has 0 heterocycles. The van der Waals surface area contributed by atoms with Crippen molar-refractivity contribution in [2.24, 2.45) is 10.5 Å². The van der Waals surface area contributed by atoms with Gasteiger partial charge in [-0.3, -0.25) is 0 Å². The van der Waals surface area contributed by atoms with E-state index in [-0.39, 0.29) is 11.0 Å². The minimum atomic E-state index is -0.181. The molecular formula is C10H19N3. The standard InChI is InChI=1S/C10H19N3/c1-9(2,3)8(11-7)12-13-10(4,5)6/h13H,1-6H3/b12-8+. The van der Waals surface area contributed by atoms with Gasteiger partial charge in [-0.05, 0) is 25.9 Å². The quantitative estimate of drug-likeness (QED) is 0.286. The molecule has 0 aromatic carbocycles. The maximum absolute atomic E-state index is 6.98. The lowest BCUT2D eigenvalue weighted by molar-refractivity contribution is 0.435. The molecule has 0 atom stereocenters. The number of nitrogens with one attached hydrogen (secondary N) is 1. The maximum atomic E-state index is 6.98. The number of hydrogen-bond acceptors (Lipinski definition) is 2. The zero-order valence-corrected chi connectivity index (χ0v) is 9.39. The molecule has 0 saturated carbocycles. The zero-order chi connectivity index (χ0) is 10.7. The van der Waals surface area contributed by atoms with Crippen LogP contribution in [0.4, 0.5) is 0 Å². The summed E-state index contributed by atoms with van der Waals surface area (Å²) in [6.45, 7) is 19.0. The number of hydrazone groups is 1. The summed E-state index contributed by atoms with van der Waals surface area (Å²) in [5, 5.41) is 4.10. The molecule has 0 aromatic heterocycles. The van der Waals surface area contributed by atoms with Crippen LogP contribution in [0.15, 0.2) is 5.10 Å². The lowest BCUT2D eigenvalue weighted by atomic mass is 9.95. The normalized spacial score (nSPS) is 13.8. The van der Waals surface area contributed by atoms with Crippen molar-refractivity contribution in [1.82, 2.24) is 5.43 Å². The Morgan fingerprint density at radius 1 is 1.15 bits per heavy atom. The second kappa shape index (κ2) is 3.78. The van der Waals surface area contributed by atoms with Gasteiger partial charge >= 0.3 is 0 Å². The monoisotopic (exact) mass is 181 g/mol. The van der Waals surface area contributed by atoms with E-state index < -0.39 is 0 Å². The van der Waals surface area contributed by atoms with Crippen molar-refractivity contribution in [2.45, 2.75) is 47.1 Å². The third-order valence-corrected chi connectivity index (χ3v) is 1.27. The molecule has 0 saturated heterocycles. The molecule has 0 unspecified atom stereocenters. The Labute approximate surface area is 81.0 Å². The summed E-state index contributed by atoms with van der Waals surface area (Å²) in [5.41, 5.74) is 2.69. The number of rotatable bonds is 1. The average Bonchev–Trinajstić information content (AvgIpc) is 1.82. The van der Waals surface area contributed by atoms with Gasteiger partial charge < -0.3 is 4.85 Å². The van der Waals surface area contributed by atoms with Crippen molar-refractivity contribution in [2.75, 3.05) is 0 Å². The molecule has 0 radical (unpaired) electrons. The Morgan fingerprint density at radius 3 is 1.85 bits per heavy atom. The molecule has 0 aliphatic carbocycles. The molecule has 0 bridgehead atoms. The molecule has 0 amide bonds. The van der Waals surface area contributed by atoms with E-state index in [0.29, 0.717) is 5.84 Å². The van der Waals surface area contributed by atoms with Crippen LogP contribution in [0.3, 0.4) is 0 Å². The molecule has 13 heavy (non-hydrogen) atoms. The molecule has 0 fully saturated rings. The van der Waals surface area contributed by atoms with Crippen molar-refractivity contribution < 1.29 is 0 Å². The van der Waals surface area contributed by atoms with Crippen LogP contribution in [0.25, 0.3) is 4.85 Å². The molecule has 0 spiro atoms. The lowest BCUT2D eigenvalue weighted by Crippen LogP contribution is -2.33. The van der Waals surface area contributed by atoms with E-state index in [1.54, 1.807) is 0 Å². The predicted molar refractivity (Wildman–Crippen MR) is 56.4 cm³/mol. The summed E-state index contributed by atoms with van der Waals surface area (Å²) < 4.78 is 0. The number of amidine groups is 1. The van der Waals surface area contributed by atoms with Crippen LogP contribution in [0, 0.1) is 12.0 Å². The molecule has 1 N–H and O–H groups in total. The fraction of sp³-hybridized carbons (Fsp3) is 0.800. The molecule has 0 aliphatic rings. The Kier molecular flexibility index (Phi) is 3.48. The van der Waals surface area contributed by atoms with Gasteiger partial charge in [-0.25, -0.2) is 5.43 Å². The Balaban J connectivity index is 4.55. The highest BCUT2D eigenvalue weighted by Gasteiger charge is 2.21. The average molecular weight is 181 g/mol. The first-order valence-corrected chi connectivity index (χ1v) is 4.39. The first kappa shape index (κ1) is 12.0. The van der Waals surface area contributed by atoms with Gasteiger partial charge in [0, 0.05) is 5.41 Å². The second-order valence-electron chi connectivity index (χ2n) is 5.16. The van der Waals surface area contributed by atoms with Gasteiger partial charge in [0.05, 0.1) is 5.54 Å². The van der Waals surface area contributed by atoms with Crippen LogP contribution < -0.4 is 5.43 Å². The first-order valence-electron chi connectivity index (χ1n) is 4.39. The third kappa shape index (κ3) is 5.24. The van der Waals surface area contributed by atoms with Gasteiger partial charge in [0.1, 0.15) is 0 Å². The second-order valence-corrected chi connectivity index (χ2v) is 5.16. The molecule has 0 aromatic rings. The first-order chi connectivity index (χ1) is 5.67. The third-order valence-electron chi connectivity index (χ3n) is 1.27. The van der Waals surface area contributed by atoms with Crippen LogP contribution in [0.2, 0.25) is 0 Å². The largest absolute Gasteiger partial charge is 0.362 e.